The molecule has 1 aromatic carbocycles. The molecule has 0 fully saturated rings. The van der Waals surface area contributed by atoms with Crippen LogP contribution in [-0.4, -0.2) is 15.7 Å². The van der Waals surface area contributed by atoms with Crippen molar-refractivity contribution in [2.75, 3.05) is 0 Å². The summed E-state index contributed by atoms with van der Waals surface area (Å²) in [6, 6.07) is 12.0. The summed E-state index contributed by atoms with van der Waals surface area (Å²) >= 11 is 1.66. The molecule has 112 valence electrons. The summed E-state index contributed by atoms with van der Waals surface area (Å²) in [7, 11) is 0. The normalized spacial score (nSPS) is 10.5. The number of benzene rings is 1. The van der Waals surface area contributed by atoms with E-state index < -0.39 is 0 Å². The van der Waals surface area contributed by atoms with Crippen LogP contribution in [0.4, 0.5) is 0 Å². The number of aromatic nitrogens is 2. The predicted molar refractivity (Wildman–Crippen MR) is 88.1 cm³/mol. The number of nitrogens with zero attached hydrogens (tertiary/aromatic N) is 2. The summed E-state index contributed by atoms with van der Waals surface area (Å²) in [5, 5.41) is 11.3. The zero-order valence-electron chi connectivity index (χ0n) is 12.1. The van der Waals surface area contributed by atoms with Gasteiger partial charge in [0.15, 0.2) is 0 Å². The summed E-state index contributed by atoms with van der Waals surface area (Å²) in [6.07, 6.45) is 4.98. The van der Waals surface area contributed by atoms with Crippen LogP contribution in [0.5, 0.6) is 0 Å². The number of hydrogen-bond donors (Lipinski definition) is 1. The minimum absolute atomic E-state index is 0.0855. The largest absolute Gasteiger partial charge is 0.352 e. The molecule has 22 heavy (non-hydrogen) atoms. The fourth-order valence-electron chi connectivity index (χ4n) is 2.17. The van der Waals surface area contributed by atoms with E-state index in [0.717, 1.165) is 17.7 Å². The van der Waals surface area contributed by atoms with Gasteiger partial charge in [-0.3, -0.25) is 4.79 Å². The maximum Gasteiger partial charge on any atom is 0.220 e. The van der Waals surface area contributed by atoms with Crippen molar-refractivity contribution >= 4 is 17.2 Å². The number of thiophene rings is 1. The van der Waals surface area contributed by atoms with Gasteiger partial charge < -0.3 is 5.32 Å². The van der Waals surface area contributed by atoms with Gasteiger partial charge in [0.25, 0.3) is 0 Å². The van der Waals surface area contributed by atoms with Crippen LogP contribution in [0.15, 0.2) is 59.6 Å². The first-order valence-electron chi connectivity index (χ1n) is 7.18. The van der Waals surface area contributed by atoms with Gasteiger partial charge in [0.05, 0.1) is 5.69 Å². The maximum atomic E-state index is 11.8. The molecule has 5 heteroatoms. The van der Waals surface area contributed by atoms with Crippen LogP contribution in [0, 0.1) is 0 Å². The molecular weight excluding hydrogens is 294 g/mol. The molecule has 3 aromatic rings. The number of hydrogen-bond acceptors (Lipinski definition) is 3. The first-order valence-corrected chi connectivity index (χ1v) is 8.12. The Morgan fingerprint density at radius 2 is 2.05 bits per heavy atom. The lowest BCUT2D eigenvalue weighted by atomic mass is 10.1. The first-order chi connectivity index (χ1) is 10.8. The van der Waals surface area contributed by atoms with Crippen LogP contribution in [0.1, 0.15) is 17.5 Å². The van der Waals surface area contributed by atoms with E-state index in [1.54, 1.807) is 17.5 Å². The molecule has 0 unspecified atom stereocenters. The zero-order chi connectivity index (χ0) is 15.2. The average Bonchev–Trinajstić information content (AvgIpc) is 3.24. The highest BCUT2D eigenvalue weighted by Crippen LogP contribution is 2.10. The highest BCUT2D eigenvalue weighted by molar-refractivity contribution is 7.07. The fraction of sp³-hybridized carbons (Fsp3) is 0.176. The molecule has 0 atom stereocenters. The number of nitrogens with one attached hydrogen (secondary N) is 1. The SMILES string of the molecule is O=C(CCc1ccsc1)NCc1ccc(-n2cccn2)cc1. The van der Waals surface area contributed by atoms with Crippen LogP contribution in [0.2, 0.25) is 0 Å². The Labute approximate surface area is 133 Å². The lowest BCUT2D eigenvalue weighted by Crippen LogP contribution is -2.22. The van der Waals surface area contributed by atoms with Crippen molar-refractivity contribution in [3.8, 4) is 5.69 Å². The van der Waals surface area contributed by atoms with E-state index in [1.807, 2.05) is 46.6 Å². The van der Waals surface area contributed by atoms with Crippen LogP contribution in [0.3, 0.4) is 0 Å². The van der Waals surface area contributed by atoms with Crippen molar-refractivity contribution in [3.05, 3.63) is 70.7 Å². The number of aryl methyl sites for hydroxylation is 1. The second kappa shape index (κ2) is 7.04. The van der Waals surface area contributed by atoms with Crippen molar-refractivity contribution in [2.45, 2.75) is 19.4 Å². The topological polar surface area (TPSA) is 46.9 Å². The molecule has 0 aliphatic heterocycles. The predicted octanol–water partition coefficient (Wildman–Crippen LogP) is 3.18. The smallest absolute Gasteiger partial charge is 0.220 e. The van der Waals surface area contributed by atoms with Crippen LogP contribution in [-0.2, 0) is 17.8 Å². The third-order valence-electron chi connectivity index (χ3n) is 3.42. The molecule has 0 saturated carbocycles. The molecule has 0 radical (unpaired) electrons. The summed E-state index contributed by atoms with van der Waals surface area (Å²) in [5.41, 5.74) is 3.32. The van der Waals surface area contributed by atoms with Crippen molar-refractivity contribution in [3.63, 3.8) is 0 Å². The standard InChI is InChI=1S/C17H17N3OS/c21-17(7-4-15-8-11-22-13-15)18-12-14-2-5-16(6-3-14)20-10-1-9-19-20/h1-3,5-6,8-11,13H,4,7,12H2,(H,18,21). The first kappa shape index (κ1) is 14.5. The van der Waals surface area contributed by atoms with Crippen LogP contribution < -0.4 is 5.32 Å². The van der Waals surface area contributed by atoms with Crippen molar-refractivity contribution in [1.82, 2.24) is 15.1 Å². The number of rotatable bonds is 6. The Morgan fingerprint density at radius 3 is 2.73 bits per heavy atom. The second-order valence-electron chi connectivity index (χ2n) is 5.03. The van der Waals surface area contributed by atoms with Gasteiger partial charge >= 0.3 is 0 Å². The Bertz CT molecular complexity index is 703. The number of carbonyl (C=O) groups excluding carboxylic acids is 1. The Hall–Kier alpha value is -2.40. The van der Waals surface area contributed by atoms with E-state index in [9.17, 15) is 4.79 Å². The van der Waals surface area contributed by atoms with Gasteiger partial charge in [0.1, 0.15) is 0 Å². The molecule has 1 N–H and O–H groups in total. The highest BCUT2D eigenvalue weighted by atomic mass is 32.1. The zero-order valence-corrected chi connectivity index (χ0v) is 12.9. The molecule has 0 spiro atoms. The van der Waals surface area contributed by atoms with Crippen LogP contribution in [0.25, 0.3) is 5.69 Å². The van der Waals surface area contributed by atoms with Gasteiger partial charge in [-0.05, 0) is 52.6 Å². The van der Waals surface area contributed by atoms with E-state index >= 15 is 0 Å². The van der Waals surface area contributed by atoms with Crippen molar-refractivity contribution in [1.29, 1.82) is 0 Å². The molecule has 0 aliphatic rings. The molecule has 3 rings (SSSR count). The summed E-state index contributed by atoms with van der Waals surface area (Å²) < 4.78 is 1.81. The quantitative estimate of drug-likeness (QED) is 0.760. The fourth-order valence-corrected chi connectivity index (χ4v) is 2.87. The third-order valence-corrected chi connectivity index (χ3v) is 4.15. The molecule has 0 bridgehead atoms. The average molecular weight is 311 g/mol. The summed E-state index contributed by atoms with van der Waals surface area (Å²) in [5.74, 6) is 0.0855. The molecular formula is C17H17N3OS. The van der Waals surface area contributed by atoms with Crippen molar-refractivity contribution in [2.24, 2.45) is 0 Å². The molecule has 1 amide bonds. The van der Waals surface area contributed by atoms with Crippen molar-refractivity contribution < 1.29 is 4.79 Å². The number of carbonyl (C=O) groups is 1. The Balaban J connectivity index is 1.48. The van der Waals surface area contributed by atoms with Crippen LogP contribution >= 0.6 is 11.3 Å². The lowest BCUT2D eigenvalue weighted by Gasteiger charge is -2.06. The van der Waals surface area contributed by atoms with Gasteiger partial charge in [-0.15, -0.1) is 0 Å². The Morgan fingerprint density at radius 1 is 1.18 bits per heavy atom. The van der Waals surface area contributed by atoms with E-state index in [-0.39, 0.29) is 5.91 Å². The molecule has 2 aromatic heterocycles. The maximum absolute atomic E-state index is 11.8. The Kier molecular flexibility index (Phi) is 4.65. The monoisotopic (exact) mass is 311 g/mol. The highest BCUT2D eigenvalue weighted by Gasteiger charge is 2.03. The van der Waals surface area contributed by atoms with E-state index in [4.69, 9.17) is 0 Å². The van der Waals surface area contributed by atoms with Gasteiger partial charge in [0.2, 0.25) is 5.91 Å². The number of amides is 1. The van der Waals surface area contributed by atoms with E-state index in [1.165, 1.54) is 5.56 Å². The molecule has 4 nitrogen and oxygen atoms in total. The molecule has 0 aliphatic carbocycles. The molecule has 2 heterocycles. The summed E-state index contributed by atoms with van der Waals surface area (Å²) in [4.78, 5) is 11.8. The van der Waals surface area contributed by atoms with Gasteiger partial charge in [0, 0.05) is 25.4 Å². The second-order valence-corrected chi connectivity index (χ2v) is 5.81. The minimum Gasteiger partial charge on any atom is -0.352 e. The third kappa shape index (κ3) is 3.83. The van der Waals surface area contributed by atoms with Gasteiger partial charge in [-0.25, -0.2) is 4.68 Å². The lowest BCUT2D eigenvalue weighted by molar-refractivity contribution is -0.121. The van der Waals surface area contributed by atoms with Gasteiger partial charge in [-0.2, -0.15) is 16.4 Å². The van der Waals surface area contributed by atoms with Gasteiger partial charge in [-0.1, -0.05) is 12.1 Å². The summed E-state index contributed by atoms with van der Waals surface area (Å²) in [6.45, 7) is 0.557. The minimum atomic E-state index is 0.0855. The van der Waals surface area contributed by atoms with E-state index in [0.29, 0.717) is 13.0 Å². The molecule has 0 saturated heterocycles. The van der Waals surface area contributed by atoms with E-state index in [2.05, 4.69) is 21.9 Å².